The van der Waals surface area contributed by atoms with Crippen molar-refractivity contribution in [3.05, 3.63) is 76.3 Å². The quantitative estimate of drug-likeness (QED) is 0.318. The molecule has 4 rings (SSSR count). The number of ether oxygens (including phenoxy) is 1. The van der Waals surface area contributed by atoms with Crippen molar-refractivity contribution in [1.29, 1.82) is 0 Å². The van der Waals surface area contributed by atoms with Crippen molar-refractivity contribution >= 4 is 44.6 Å². The molecule has 0 spiro atoms. The van der Waals surface area contributed by atoms with E-state index in [2.05, 4.69) is 25.9 Å². The first-order valence-electron chi connectivity index (χ1n) is 9.20. The highest BCUT2D eigenvalue weighted by Gasteiger charge is 2.23. The maximum absolute atomic E-state index is 13.2. The van der Waals surface area contributed by atoms with Gasteiger partial charge in [0.05, 0.1) is 14.9 Å². The average molecular weight is 524 g/mol. The fourth-order valence-electron chi connectivity index (χ4n) is 2.81. The van der Waals surface area contributed by atoms with Crippen molar-refractivity contribution in [1.82, 2.24) is 20.6 Å². The van der Waals surface area contributed by atoms with Gasteiger partial charge in [-0.15, -0.1) is 10.2 Å². The highest BCUT2D eigenvalue weighted by atomic mass is 35.5. The molecule has 10 nitrogen and oxygen atoms in total. The first kappa shape index (κ1) is 23.4. The molecule has 0 aliphatic carbocycles. The fourth-order valence-corrected chi connectivity index (χ4v) is 4.73. The van der Waals surface area contributed by atoms with Gasteiger partial charge in [-0.2, -0.15) is 5.21 Å². The molecule has 0 unspecified atom stereocenters. The van der Waals surface area contributed by atoms with Gasteiger partial charge in [0.15, 0.2) is 5.75 Å². The number of phenolic OH excluding ortho intramolecular Hbond substituents is 1. The van der Waals surface area contributed by atoms with Crippen molar-refractivity contribution in [2.45, 2.75) is 9.79 Å². The van der Waals surface area contributed by atoms with Crippen LogP contribution in [0, 0.1) is 5.82 Å². The first-order chi connectivity index (χ1) is 16.1. The third-order valence-corrected chi connectivity index (χ3v) is 6.73. The standard InChI is InChI=1S/C20H12Cl2FN5O5S/c21-14-7-11(24-20(30)19-25-27-28-26-19)8-15(22)18(14)33-12-3-6-16(29)17(9-12)34(31,32)13-4-1-10(23)2-5-13/h1-9,29H,(H,24,30)(H,25,26,27,28). The summed E-state index contributed by atoms with van der Waals surface area (Å²) in [7, 11) is -4.19. The number of phenols is 1. The number of aromatic nitrogens is 4. The number of benzene rings is 3. The van der Waals surface area contributed by atoms with E-state index in [1.165, 1.54) is 18.2 Å². The van der Waals surface area contributed by atoms with Crippen molar-refractivity contribution in [2.75, 3.05) is 5.32 Å². The minimum absolute atomic E-state index is 0.00747. The van der Waals surface area contributed by atoms with Gasteiger partial charge in [0.2, 0.25) is 9.84 Å². The van der Waals surface area contributed by atoms with E-state index < -0.39 is 32.2 Å². The number of rotatable bonds is 6. The highest BCUT2D eigenvalue weighted by molar-refractivity contribution is 7.91. The van der Waals surface area contributed by atoms with Crippen LogP contribution < -0.4 is 10.1 Å². The summed E-state index contributed by atoms with van der Waals surface area (Å²) < 4.78 is 44.7. The number of aromatic hydroxyl groups is 1. The Hall–Kier alpha value is -3.74. The molecule has 174 valence electrons. The van der Waals surface area contributed by atoms with E-state index in [4.69, 9.17) is 27.9 Å². The molecule has 0 radical (unpaired) electrons. The zero-order valence-electron chi connectivity index (χ0n) is 16.7. The number of carbonyl (C=O) groups excluding carboxylic acids is 1. The molecule has 0 atom stereocenters. The van der Waals surface area contributed by atoms with Crippen LogP contribution in [0.2, 0.25) is 10.0 Å². The molecule has 0 bridgehead atoms. The number of amides is 1. The summed E-state index contributed by atoms with van der Waals surface area (Å²) in [5.41, 5.74) is 0.211. The monoisotopic (exact) mass is 523 g/mol. The molecular weight excluding hydrogens is 512 g/mol. The van der Waals surface area contributed by atoms with Crippen LogP contribution in [-0.4, -0.2) is 40.1 Å². The Morgan fingerprint density at radius 3 is 2.35 bits per heavy atom. The Morgan fingerprint density at radius 2 is 1.74 bits per heavy atom. The Balaban J connectivity index is 1.62. The van der Waals surface area contributed by atoms with Gasteiger partial charge in [0.25, 0.3) is 11.7 Å². The van der Waals surface area contributed by atoms with E-state index in [1.54, 1.807) is 0 Å². The van der Waals surface area contributed by atoms with Crippen LogP contribution in [0.4, 0.5) is 10.1 Å². The van der Waals surface area contributed by atoms with Gasteiger partial charge in [-0.25, -0.2) is 12.8 Å². The largest absolute Gasteiger partial charge is 0.507 e. The van der Waals surface area contributed by atoms with Gasteiger partial charge in [-0.3, -0.25) is 4.79 Å². The summed E-state index contributed by atoms with van der Waals surface area (Å²) in [6.45, 7) is 0. The lowest BCUT2D eigenvalue weighted by atomic mass is 10.2. The van der Waals surface area contributed by atoms with Gasteiger partial charge in [-0.05, 0) is 53.7 Å². The molecule has 0 saturated heterocycles. The molecule has 0 fully saturated rings. The summed E-state index contributed by atoms with van der Waals surface area (Å²) in [4.78, 5) is 11.4. The number of hydrogen-bond donors (Lipinski definition) is 3. The molecule has 4 aromatic rings. The second-order valence-electron chi connectivity index (χ2n) is 6.65. The number of anilines is 1. The molecule has 3 aromatic carbocycles. The molecule has 14 heteroatoms. The van der Waals surface area contributed by atoms with Gasteiger partial charge in [-0.1, -0.05) is 23.2 Å². The Morgan fingerprint density at radius 1 is 1.06 bits per heavy atom. The normalized spacial score (nSPS) is 11.3. The lowest BCUT2D eigenvalue weighted by Crippen LogP contribution is -2.13. The molecule has 1 aromatic heterocycles. The predicted molar refractivity (Wildman–Crippen MR) is 119 cm³/mol. The Labute approximate surface area is 201 Å². The zero-order valence-corrected chi connectivity index (χ0v) is 19.0. The highest BCUT2D eigenvalue weighted by Crippen LogP contribution is 2.40. The maximum Gasteiger partial charge on any atom is 0.297 e. The number of nitrogens with one attached hydrogen (secondary N) is 2. The van der Waals surface area contributed by atoms with E-state index in [-0.39, 0.29) is 38.0 Å². The summed E-state index contributed by atoms with van der Waals surface area (Å²) in [5.74, 6) is -2.05. The van der Waals surface area contributed by atoms with Crippen LogP contribution in [0.1, 0.15) is 10.6 Å². The molecule has 0 aliphatic heterocycles. The fraction of sp³-hybridized carbons (Fsp3) is 0. The molecular formula is C20H12Cl2FN5O5S. The van der Waals surface area contributed by atoms with Crippen LogP contribution in [0.25, 0.3) is 0 Å². The molecule has 0 saturated carbocycles. The summed E-state index contributed by atoms with van der Waals surface area (Å²) >= 11 is 12.5. The number of tetrazole rings is 1. The van der Waals surface area contributed by atoms with E-state index in [0.29, 0.717) is 0 Å². The number of H-pyrrole nitrogens is 1. The van der Waals surface area contributed by atoms with E-state index in [9.17, 15) is 22.7 Å². The molecule has 34 heavy (non-hydrogen) atoms. The van der Waals surface area contributed by atoms with Crippen molar-refractivity contribution in [3.8, 4) is 17.2 Å². The maximum atomic E-state index is 13.2. The van der Waals surface area contributed by atoms with Crippen molar-refractivity contribution < 1.29 is 27.4 Å². The van der Waals surface area contributed by atoms with Crippen LogP contribution in [-0.2, 0) is 9.84 Å². The van der Waals surface area contributed by atoms with Gasteiger partial charge < -0.3 is 15.2 Å². The number of halogens is 3. The van der Waals surface area contributed by atoms with Crippen LogP contribution >= 0.6 is 23.2 Å². The summed E-state index contributed by atoms with van der Waals surface area (Å²) in [5, 5.41) is 25.2. The third kappa shape index (κ3) is 4.78. The second kappa shape index (κ2) is 9.25. The van der Waals surface area contributed by atoms with E-state index >= 15 is 0 Å². The minimum Gasteiger partial charge on any atom is -0.507 e. The first-order valence-corrected chi connectivity index (χ1v) is 11.4. The third-order valence-electron chi connectivity index (χ3n) is 4.37. The summed E-state index contributed by atoms with van der Waals surface area (Å²) in [6, 6.07) is 10.3. The summed E-state index contributed by atoms with van der Waals surface area (Å²) in [6.07, 6.45) is 0. The van der Waals surface area contributed by atoms with Crippen LogP contribution in [0.3, 0.4) is 0 Å². The van der Waals surface area contributed by atoms with Crippen LogP contribution in [0.15, 0.2) is 64.4 Å². The van der Waals surface area contributed by atoms with E-state index in [0.717, 1.165) is 36.4 Å². The molecule has 0 aliphatic rings. The predicted octanol–water partition coefficient (Wildman–Crippen LogP) is 4.23. The van der Waals surface area contributed by atoms with Crippen molar-refractivity contribution in [3.63, 3.8) is 0 Å². The molecule has 1 amide bonds. The van der Waals surface area contributed by atoms with Gasteiger partial charge in [0.1, 0.15) is 22.2 Å². The number of aromatic amines is 1. The lowest BCUT2D eigenvalue weighted by molar-refractivity contribution is 0.101. The SMILES string of the molecule is O=C(Nc1cc(Cl)c(Oc2ccc(O)c(S(=O)(=O)c3ccc(F)cc3)c2)c(Cl)c1)c1nn[nH]n1. The topological polar surface area (TPSA) is 147 Å². The molecule has 1 heterocycles. The number of hydrogen-bond acceptors (Lipinski definition) is 8. The second-order valence-corrected chi connectivity index (χ2v) is 9.38. The number of carbonyl (C=O) groups is 1. The van der Waals surface area contributed by atoms with Gasteiger partial charge in [0, 0.05) is 11.8 Å². The van der Waals surface area contributed by atoms with Crippen molar-refractivity contribution in [2.24, 2.45) is 0 Å². The zero-order chi connectivity index (χ0) is 24.5. The van der Waals surface area contributed by atoms with Gasteiger partial charge >= 0.3 is 0 Å². The average Bonchev–Trinajstić information content (AvgIpc) is 3.33. The smallest absolute Gasteiger partial charge is 0.297 e. The Bertz CT molecular complexity index is 1460. The Kier molecular flexibility index (Phi) is 6.37. The van der Waals surface area contributed by atoms with E-state index in [1.807, 2.05) is 0 Å². The number of sulfone groups is 1. The molecule has 3 N–H and O–H groups in total. The lowest BCUT2D eigenvalue weighted by Gasteiger charge is -2.13. The minimum atomic E-state index is -4.19. The van der Waals surface area contributed by atoms with Crippen LogP contribution in [0.5, 0.6) is 17.2 Å². The number of nitrogens with zero attached hydrogens (tertiary/aromatic N) is 3.